The predicted octanol–water partition coefficient (Wildman–Crippen LogP) is 5.52. The van der Waals surface area contributed by atoms with E-state index in [0.29, 0.717) is 22.9 Å². The lowest BCUT2D eigenvalue weighted by Crippen LogP contribution is -2.25. The summed E-state index contributed by atoms with van der Waals surface area (Å²) in [7, 11) is 2.98. The molecule has 166 valence electrons. The van der Waals surface area contributed by atoms with E-state index in [2.05, 4.69) is 9.97 Å². The number of H-pyrrole nitrogens is 1. The summed E-state index contributed by atoms with van der Waals surface area (Å²) < 4.78 is 4.85. The van der Waals surface area contributed by atoms with E-state index >= 15 is 0 Å². The van der Waals surface area contributed by atoms with Gasteiger partial charge >= 0.3 is 6.09 Å². The van der Waals surface area contributed by atoms with Crippen molar-refractivity contribution >= 4 is 34.1 Å². The van der Waals surface area contributed by atoms with E-state index < -0.39 is 6.09 Å². The number of nitrogens with one attached hydrogen (secondary N) is 1. The first-order valence-electron chi connectivity index (χ1n) is 10.8. The Kier molecular flexibility index (Phi) is 5.30. The minimum Gasteiger partial charge on any atom is -0.494 e. The maximum Gasteiger partial charge on any atom is 0.413 e. The van der Waals surface area contributed by atoms with E-state index in [1.165, 1.54) is 12.0 Å². The molecular weight excluding hydrogens is 416 g/mol. The summed E-state index contributed by atoms with van der Waals surface area (Å²) in [6.45, 7) is 0. The number of hydrogen-bond acceptors (Lipinski definition) is 5. The highest BCUT2D eigenvalue weighted by Gasteiger charge is 2.25. The number of ether oxygens (including phenoxy) is 1. The number of carbonyl (C=O) groups excluding carboxylic acids is 1. The van der Waals surface area contributed by atoms with Gasteiger partial charge in [0.15, 0.2) is 5.88 Å². The monoisotopic (exact) mass is 440 g/mol. The number of aromatic hydroxyl groups is 1. The number of methoxy groups -OCH3 is 1. The van der Waals surface area contributed by atoms with Crippen LogP contribution in [0.4, 0.5) is 16.2 Å². The number of aliphatic imine (C=N–C) groups is 1. The standard InChI is InChI=1S/C26H24N4O3/c1-30(26(32)33-2)19-10-11-21-20(15-19)23(25(31)29-21)24(17-6-4-3-5-7-17)28-18-12-13-27-22(14-18)16-8-9-16/h3-7,10-16,29,31H,8-9H2,1-2H3. The molecule has 1 aliphatic rings. The Hall–Kier alpha value is -4.13. The van der Waals surface area contributed by atoms with Gasteiger partial charge in [0.05, 0.1) is 24.1 Å². The number of pyridine rings is 1. The Morgan fingerprint density at radius 2 is 1.94 bits per heavy atom. The highest BCUT2D eigenvalue weighted by molar-refractivity contribution is 6.22. The van der Waals surface area contributed by atoms with Gasteiger partial charge in [-0.15, -0.1) is 0 Å². The van der Waals surface area contributed by atoms with Gasteiger partial charge in [0.2, 0.25) is 0 Å². The quantitative estimate of drug-likeness (QED) is 0.400. The number of carbonyl (C=O) groups is 1. The molecule has 1 fully saturated rings. The number of benzene rings is 2. The molecule has 2 N–H and O–H groups in total. The summed E-state index contributed by atoms with van der Waals surface area (Å²) >= 11 is 0. The third-order valence-electron chi connectivity index (χ3n) is 5.88. The first-order chi connectivity index (χ1) is 16.0. The molecule has 0 saturated heterocycles. The summed E-state index contributed by atoms with van der Waals surface area (Å²) in [5.41, 5.74) is 5.27. The molecule has 1 saturated carbocycles. The van der Waals surface area contributed by atoms with Gasteiger partial charge in [-0.1, -0.05) is 30.3 Å². The molecule has 2 aromatic carbocycles. The van der Waals surface area contributed by atoms with Crippen molar-refractivity contribution in [2.45, 2.75) is 18.8 Å². The van der Waals surface area contributed by atoms with E-state index in [1.807, 2.05) is 54.6 Å². The highest BCUT2D eigenvalue weighted by Crippen LogP contribution is 2.40. The number of anilines is 1. The van der Waals surface area contributed by atoms with Gasteiger partial charge in [-0.3, -0.25) is 9.88 Å². The lowest BCUT2D eigenvalue weighted by Gasteiger charge is -2.16. The molecule has 0 radical (unpaired) electrons. The van der Waals surface area contributed by atoms with Gasteiger partial charge in [-0.25, -0.2) is 9.79 Å². The van der Waals surface area contributed by atoms with E-state index in [1.54, 1.807) is 19.3 Å². The van der Waals surface area contributed by atoms with E-state index in [-0.39, 0.29) is 5.88 Å². The SMILES string of the molecule is COC(=O)N(C)c1ccc2[nH]c(O)c(C(=Nc3ccnc(C4CC4)c3)c3ccccc3)c2c1. The second-order valence-corrected chi connectivity index (χ2v) is 8.15. The molecule has 0 bridgehead atoms. The molecule has 7 nitrogen and oxygen atoms in total. The summed E-state index contributed by atoms with van der Waals surface area (Å²) in [5.74, 6) is 0.528. The topological polar surface area (TPSA) is 90.8 Å². The summed E-state index contributed by atoms with van der Waals surface area (Å²) in [6, 6.07) is 19.1. The Labute approximate surface area is 191 Å². The lowest BCUT2D eigenvalue weighted by molar-refractivity contribution is 0.180. The molecule has 1 aliphatic carbocycles. The highest BCUT2D eigenvalue weighted by atomic mass is 16.5. The molecule has 33 heavy (non-hydrogen) atoms. The van der Waals surface area contributed by atoms with Crippen molar-refractivity contribution in [3.8, 4) is 5.88 Å². The molecule has 2 heterocycles. The fourth-order valence-electron chi connectivity index (χ4n) is 3.95. The molecule has 0 aliphatic heterocycles. The normalized spacial score (nSPS) is 13.8. The zero-order valence-corrected chi connectivity index (χ0v) is 18.4. The van der Waals surface area contributed by atoms with Gasteiger partial charge in [-0.05, 0) is 43.2 Å². The number of fused-ring (bicyclic) bond motifs is 1. The van der Waals surface area contributed by atoms with Crippen LogP contribution in [0.15, 0.2) is 71.9 Å². The molecule has 0 spiro atoms. The number of hydrogen-bond donors (Lipinski definition) is 2. The average molecular weight is 441 g/mol. The second kappa shape index (κ2) is 8.43. The van der Waals surface area contributed by atoms with Crippen molar-refractivity contribution in [2.24, 2.45) is 4.99 Å². The first-order valence-corrected chi connectivity index (χ1v) is 10.8. The van der Waals surface area contributed by atoms with Crippen LogP contribution < -0.4 is 4.90 Å². The molecule has 7 heteroatoms. The summed E-state index contributed by atoms with van der Waals surface area (Å²) in [6.07, 6.45) is 3.63. The Balaban J connectivity index is 1.69. The number of amides is 1. The molecular formula is C26H24N4O3. The third kappa shape index (κ3) is 4.05. The van der Waals surface area contributed by atoms with Crippen LogP contribution in [0, 0.1) is 0 Å². The van der Waals surface area contributed by atoms with Crippen LogP contribution >= 0.6 is 0 Å². The number of nitrogens with zero attached hydrogens (tertiary/aromatic N) is 3. The molecule has 0 unspecified atom stereocenters. The number of aromatic nitrogens is 2. The molecule has 2 aromatic heterocycles. The van der Waals surface area contributed by atoms with Crippen LogP contribution in [-0.4, -0.2) is 41.0 Å². The van der Waals surface area contributed by atoms with Crippen LogP contribution in [0.5, 0.6) is 5.88 Å². The van der Waals surface area contributed by atoms with Crippen molar-refractivity contribution in [1.82, 2.24) is 9.97 Å². The first kappa shape index (κ1) is 20.8. The molecule has 5 rings (SSSR count). The van der Waals surface area contributed by atoms with E-state index in [0.717, 1.165) is 40.7 Å². The predicted molar refractivity (Wildman–Crippen MR) is 129 cm³/mol. The maximum atomic E-state index is 12.0. The van der Waals surface area contributed by atoms with Crippen molar-refractivity contribution in [3.05, 3.63) is 83.7 Å². The van der Waals surface area contributed by atoms with Gasteiger partial charge in [0.1, 0.15) is 0 Å². The minimum atomic E-state index is -0.475. The van der Waals surface area contributed by atoms with Gasteiger partial charge < -0.3 is 14.8 Å². The Morgan fingerprint density at radius 1 is 1.15 bits per heavy atom. The third-order valence-corrected chi connectivity index (χ3v) is 5.88. The van der Waals surface area contributed by atoms with Crippen molar-refractivity contribution in [3.63, 3.8) is 0 Å². The number of aromatic amines is 1. The molecule has 1 amide bonds. The molecule has 4 aromatic rings. The fourth-order valence-corrected chi connectivity index (χ4v) is 3.95. The second-order valence-electron chi connectivity index (χ2n) is 8.15. The average Bonchev–Trinajstić information content (AvgIpc) is 3.65. The number of rotatable bonds is 5. The van der Waals surface area contributed by atoms with Gasteiger partial charge in [0.25, 0.3) is 0 Å². The van der Waals surface area contributed by atoms with Crippen molar-refractivity contribution in [1.29, 1.82) is 0 Å². The van der Waals surface area contributed by atoms with E-state index in [9.17, 15) is 9.90 Å². The lowest BCUT2D eigenvalue weighted by atomic mass is 10.0. The van der Waals surface area contributed by atoms with Crippen LogP contribution in [0.2, 0.25) is 0 Å². The smallest absolute Gasteiger partial charge is 0.413 e. The van der Waals surface area contributed by atoms with E-state index in [4.69, 9.17) is 9.73 Å². The van der Waals surface area contributed by atoms with Crippen molar-refractivity contribution < 1.29 is 14.6 Å². The van der Waals surface area contributed by atoms with Gasteiger partial charge in [-0.2, -0.15) is 0 Å². The fraction of sp³-hybridized carbons (Fsp3) is 0.192. The Morgan fingerprint density at radius 3 is 2.67 bits per heavy atom. The van der Waals surface area contributed by atoms with Crippen molar-refractivity contribution in [2.75, 3.05) is 19.1 Å². The maximum absolute atomic E-state index is 12.0. The van der Waals surface area contributed by atoms with Crippen LogP contribution in [-0.2, 0) is 4.74 Å². The zero-order chi connectivity index (χ0) is 22.9. The van der Waals surface area contributed by atoms with Gasteiger partial charge in [0, 0.05) is 47.0 Å². The zero-order valence-electron chi connectivity index (χ0n) is 18.4. The summed E-state index contributed by atoms with van der Waals surface area (Å²) in [4.78, 5) is 26.0. The minimum absolute atomic E-state index is 0.0157. The van der Waals surface area contributed by atoms with Crippen LogP contribution in [0.1, 0.15) is 35.6 Å². The summed E-state index contributed by atoms with van der Waals surface area (Å²) in [5, 5.41) is 11.7. The molecule has 0 atom stereocenters. The van der Waals surface area contributed by atoms with Crippen LogP contribution in [0.25, 0.3) is 10.9 Å². The largest absolute Gasteiger partial charge is 0.494 e. The van der Waals surface area contributed by atoms with Crippen LogP contribution in [0.3, 0.4) is 0 Å². The Bertz CT molecular complexity index is 1360.